The van der Waals surface area contributed by atoms with Gasteiger partial charge < -0.3 is 14.8 Å². The van der Waals surface area contributed by atoms with Crippen molar-refractivity contribution in [3.8, 4) is 11.5 Å². The Bertz CT molecular complexity index is 812. The zero-order valence-electron chi connectivity index (χ0n) is 12.0. The Hall–Kier alpha value is -2.93. The third-order valence-electron chi connectivity index (χ3n) is 3.33. The minimum atomic E-state index is -0.474. The van der Waals surface area contributed by atoms with Crippen molar-refractivity contribution in [2.24, 2.45) is 0 Å². The quantitative estimate of drug-likeness (QED) is 0.673. The molecule has 0 fully saturated rings. The molecule has 2 heterocycles. The summed E-state index contributed by atoms with van der Waals surface area (Å²) in [7, 11) is 0. The molecule has 2 aromatic heterocycles. The number of aromatic nitrogens is 2. The van der Waals surface area contributed by atoms with Crippen LogP contribution in [0.4, 0.5) is 4.39 Å². The summed E-state index contributed by atoms with van der Waals surface area (Å²) in [5, 5.41) is 18.4. The first kappa shape index (κ1) is 15.0. The van der Waals surface area contributed by atoms with Crippen LogP contribution in [0.1, 0.15) is 21.6 Å². The molecule has 3 rings (SSSR count). The van der Waals surface area contributed by atoms with Crippen molar-refractivity contribution in [3.63, 3.8) is 0 Å². The maximum absolute atomic E-state index is 13.3. The Morgan fingerprint density at radius 2 is 2.22 bits per heavy atom. The fraction of sp³-hybridized carbons (Fsp3) is 0.125. The lowest BCUT2D eigenvalue weighted by atomic mass is 10.1. The van der Waals surface area contributed by atoms with Gasteiger partial charge in [-0.3, -0.25) is 9.89 Å². The second kappa shape index (κ2) is 6.45. The van der Waals surface area contributed by atoms with Crippen LogP contribution in [-0.2, 0) is 13.2 Å². The number of halogens is 1. The van der Waals surface area contributed by atoms with E-state index in [4.69, 9.17) is 9.52 Å². The Balaban J connectivity index is 1.66. The highest BCUT2D eigenvalue weighted by Gasteiger charge is 2.12. The molecule has 3 aromatic rings. The monoisotopic (exact) mass is 315 g/mol. The number of hydrogen-bond acceptors (Lipinski definition) is 4. The van der Waals surface area contributed by atoms with E-state index in [1.54, 1.807) is 24.3 Å². The van der Waals surface area contributed by atoms with Crippen LogP contribution in [0.15, 0.2) is 47.1 Å². The molecule has 3 N–H and O–H groups in total. The molecule has 0 unspecified atom stereocenters. The van der Waals surface area contributed by atoms with Crippen molar-refractivity contribution in [1.82, 2.24) is 15.5 Å². The Kier molecular flexibility index (Phi) is 4.20. The van der Waals surface area contributed by atoms with E-state index in [0.717, 1.165) is 0 Å². The summed E-state index contributed by atoms with van der Waals surface area (Å²) in [5.41, 5.74) is 1.70. The van der Waals surface area contributed by atoms with Crippen molar-refractivity contribution in [1.29, 1.82) is 0 Å². The molecule has 0 bridgehead atoms. The van der Waals surface area contributed by atoms with E-state index in [9.17, 15) is 9.18 Å². The predicted molar refractivity (Wildman–Crippen MR) is 79.8 cm³/mol. The smallest absolute Gasteiger partial charge is 0.272 e. The first-order valence-corrected chi connectivity index (χ1v) is 6.93. The third-order valence-corrected chi connectivity index (χ3v) is 3.33. The van der Waals surface area contributed by atoms with Gasteiger partial charge in [-0.15, -0.1) is 0 Å². The predicted octanol–water partition coefficient (Wildman–Crippen LogP) is 2.23. The molecule has 0 saturated carbocycles. The number of nitrogens with one attached hydrogen (secondary N) is 2. The standard InChI is InChI=1S/C16H14FN3O3/c17-12-4-3-10(6-11(12)9-21)8-18-16(22)14-7-13(19-20-14)15-2-1-5-23-15/h1-7,21H,8-9H2,(H,18,22)(H,19,20). The molecular formula is C16H14FN3O3. The van der Waals surface area contributed by atoms with Crippen molar-refractivity contribution in [2.45, 2.75) is 13.2 Å². The zero-order chi connectivity index (χ0) is 16.2. The normalized spacial score (nSPS) is 10.7. The van der Waals surface area contributed by atoms with Crippen LogP contribution in [0.3, 0.4) is 0 Å². The second-order valence-electron chi connectivity index (χ2n) is 4.91. The van der Waals surface area contributed by atoms with Crippen LogP contribution >= 0.6 is 0 Å². The number of carbonyl (C=O) groups excluding carboxylic acids is 1. The molecule has 0 aliphatic carbocycles. The molecule has 1 aromatic carbocycles. The molecule has 0 aliphatic rings. The number of carbonyl (C=O) groups is 1. The van der Waals surface area contributed by atoms with E-state index in [1.807, 2.05) is 0 Å². The van der Waals surface area contributed by atoms with Crippen LogP contribution in [0.25, 0.3) is 11.5 Å². The number of nitrogens with zero attached hydrogens (tertiary/aromatic N) is 1. The van der Waals surface area contributed by atoms with Gasteiger partial charge in [0.25, 0.3) is 5.91 Å². The highest BCUT2D eigenvalue weighted by molar-refractivity contribution is 5.93. The zero-order valence-corrected chi connectivity index (χ0v) is 12.0. The Labute approximate surface area is 131 Å². The van der Waals surface area contributed by atoms with Gasteiger partial charge in [0.2, 0.25) is 0 Å². The van der Waals surface area contributed by atoms with E-state index in [-0.39, 0.29) is 30.3 Å². The highest BCUT2D eigenvalue weighted by Crippen LogP contribution is 2.17. The molecule has 23 heavy (non-hydrogen) atoms. The number of H-pyrrole nitrogens is 1. The second-order valence-corrected chi connectivity index (χ2v) is 4.91. The summed E-state index contributed by atoms with van der Waals surface area (Å²) in [6.07, 6.45) is 1.53. The number of benzene rings is 1. The fourth-order valence-corrected chi connectivity index (χ4v) is 2.13. The van der Waals surface area contributed by atoms with Gasteiger partial charge in [0.15, 0.2) is 11.5 Å². The van der Waals surface area contributed by atoms with Gasteiger partial charge in [-0.25, -0.2) is 4.39 Å². The van der Waals surface area contributed by atoms with Gasteiger partial charge in [-0.2, -0.15) is 5.10 Å². The van der Waals surface area contributed by atoms with E-state index >= 15 is 0 Å². The fourth-order valence-electron chi connectivity index (χ4n) is 2.13. The van der Waals surface area contributed by atoms with Crippen molar-refractivity contribution >= 4 is 5.91 Å². The summed E-state index contributed by atoms with van der Waals surface area (Å²) in [5.74, 6) is -0.255. The number of furan rings is 1. The molecule has 1 amide bonds. The maximum Gasteiger partial charge on any atom is 0.272 e. The lowest BCUT2D eigenvalue weighted by Crippen LogP contribution is -2.23. The summed E-state index contributed by atoms with van der Waals surface area (Å²) in [6, 6.07) is 9.39. The highest BCUT2D eigenvalue weighted by atomic mass is 19.1. The van der Waals surface area contributed by atoms with Crippen LogP contribution < -0.4 is 5.32 Å². The van der Waals surface area contributed by atoms with E-state index < -0.39 is 5.82 Å². The summed E-state index contributed by atoms with van der Waals surface area (Å²) < 4.78 is 18.5. The lowest BCUT2D eigenvalue weighted by Gasteiger charge is -2.06. The number of hydrogen-bond donors (Lipinski definition) is 3. The van der Waals surface area contributed by atoms with Crippen LogP contribution in [0, 0.1) is 5.82 Å². The summed E-state index contributed by atoms with van der Waals surface area (Å²) in [4.78, 5) is 12.1. The lowest BCUT2D eigenvalue weighted by molar-refractivity contribution is 0.0946. The molecule has 0 aliphatic heterocycles. The topological polar surface area (TPSA) is 91.1 Å². The van der Waals surface area contributed by atoms with Crippen LogP contribution in [-0.4, -0.2) is 21.2 Å². The average molecular weight is 315 g/mol. The van der Waals surface area contributed by atoms with Crippen molar-refractivity contribution < 1.29 is 18.7 Å². The van der Waals surface area contributed by atoms with Crippen LogP contribution in [0.2, 0.25) is 0 Å². The van der Waals surface area contributed by atoms with Gasteiger partial charge >= 0.3 is 0 Å². The minimum absolute atomic E-state index is 0.191. The molecule has 0 radical (unpaired) electrons. The maximum atomic E-state index is 13.3. The third kappa shape index (κ3) is 3.29. The van der Waals surface area contributed by atoms with Gasteiger partial charge in [-0.1, -0.05) is 6.07 Å². The summed E-state index contributed by atoms with van der Waals surface area (Å²) >= 11 is 0. The largest absolute Gasteiger partial charge is 0.463 e. The molecule has 6 nitrogen and oxygen atoms in total. The molecule has 118 valence electrons. The molecule has 7 heteroatoms. The van der Waals surface area contributed by atoms with Crippen LogP contribution in [0.5, 0.6) is 0 Å². The summed E-state index contributed by atoms with van der Waals surface area (Å²) in [6.45, 7) is -0.186. The number of rotatable bonds is 5. The first-order valence-electron chi connectivity index (χ1n) is 6.93. The minimum Gasteiger partial charge on any atom is -0.463 e. The SMILES string of the molecule is O=C(NCc1ccc(F)c(CO)c1)c1cc(-c2ccco2)[nH]n1. The van der Waals surface area contributed by atoms with E-state index in [0.29, 0.717) is 17.0 Å². The van der Waals surface area contributed by atoms with Gasteiger partial charge in [-0.05, 0) is 29.8 Å². The van der Waals surface area contributed by atoms with E-state index in [1.165, 1.54) is 18.4 Å². The number of aromatic amines is 1. The van der Waals surface area contributed by atoms with Gasteiger partial charge in [0.1, 0.15) is 11.5 Å². The number of aliphatic hydroxyl groups excluding tert-OH is 1. The van der Waals surface area contributed by atoms with Crippen molar-refractivity contribution in [3.05, 3.63) is 65.3 Å². The Morgan fingerprint density at radius 1 is 1.35 bits per heavy atom. The number of amides is 1. The Morgan fingerprint density at radius 3 is 2.96 bits per heavy atom. The van der Waals surface area contributed by atoms with Gasteiger partial charge in [0.05, 0.1) is 12.9 Å². The molecule has 0 saturated heterocycles. The molecule has 0 spiro atoms. The molecule has 0 atom stereocenters. The van der Waals surface area contributed by atoms with Gasteiger partial charge in [0, 0.05) is 18.2 Å². The molecular weight excluding hydrogens is 301 g/mol. The number of aliphatic hydroxyl groups is 1. The first-order chi connectivity index (χ1) is 11.2. The van der Waals surface area contributed by atoms with E-state index in [2.05, 4.69) is 15.5 Å². The van der Waals surface area contributed by atoms with Crippen molar-refractivity contribution in [2.75, 3.05) is 0 Å². The average Bonchev–Trinajstić information content (AvgIpc) is 3.24.